The Balaban J connectivity index is 2.39. The van der Waals surface area contributed by atoms with Crippen LogP contribution in [-0.4, -0.2) is 48.7 Å². The highest BCUT2D eigenvalue weighted by atomic mass is 35.5. The zero-order valence-corrected chi connectivity index (χ0v) is 11.5. The second kappa shape index (κ2) is 6.30. The Labute approximate surface area is 120 Å². The lowest BCUT2D eigenvalue weighted by molar-refractivity contribution is -0.119. The van der Waals surface area contributed by atoms with Crippen LogP contribution in [0.4, 0.5) is 13.2 Å². The highest BCUT2D eigenvalue weighted by molar-refractivity contribution is 6.30. The molecule has 1 aliphatic heterocycles. The van der Waals surface area contributed by atoms with Gasteiger partial charge in [0.1, 0.15) is 18.5 Å². The standard InChI is InChI=1S/C13H16ClF3N2O/c14-9-1-2-10(11(15)7-9)12(13(16,17)8-20)19-5-3-18-4-6-19/h1-2,7,12,18,20H,3-6,8H2/t12-/m0/s1. The summed E-state index contributed by atoms with van der Waals surface area (Å²) in [5, 5.41) is 12.2. The number of hydrogen-bond acceptors (Lipinski definition) is 3. The predicted octanol–water partition coefficient (Wildman–Crippen LogP) is 2.05. The molecule has 2 rings (SSSR count). The van der Waals surface area contributed by atoms with Crippen molar-refractivity contribution in [2.75, 3.05) is 32.8 Å². The molecule has 0 amide bonds. The van der Waals surface area contributed by atoms with Gasteiger partial charge in [-0.15, -0.1) is 0 Å². The van der Waals surface area contributed by atoms with Crippen LogP contribution in [0.25, 0.3) is 0 Å². The molecule has 7 heteroatoms. The maximum atomic E-state index is 14.1. The molecule has 1 atom stereocenters. The normalized spacial score (nSPS) is 19.1. The summed E-state index contributed by atoms with van der Waals surface area (Å²) in [6.07, 6.45) is 0. The van der Waals surface area contributed by atoms with Crippen LogP contribution in [0.2, 0.25) is 5.02 Å². The third-order valence-electron chi connectivity index (χ3n) is 3.38. The van der Waals surface area contributed by atoms with Gasteiger partial charge in [0.15, 0.2) is 0 Å². The largest absolute Gasteiger partial charge is 0.390 e. The number of nitrogens with one attached hydrogen (secondary N) is 1. The van der Waals surface area contributed by atoms with Gasteiger partial charge in [0.2, 0.25) is 0 Å². The summed E-state index contributed by atoms with van der Waals surface area (Å²) in [5.41, 5.74) is -0.143. The van der Waals surface area contributed by atoms with E-state index in [0.717, 1.165) is 6.07 Å². The van der Waals surface area contributed by atoms with Crippen LogP contribution in [0, 0.1) is 5.82 Å². The highest BCUT2D eigenvalue weighted by Gasteiger charge is 2.45. The summed E-state index contributed by atoms with van der Waals surface area (Å²) < 4.78 is 42.1. The zero-order valence-electron chi connectivity index (χ0n) is 10.8. The second-order valence-corrected chi connectivity index (χ2v) is 5.21. The van der Waals surface area contributed by atoms with Crippen LogP contribution in [0.3, 0.4) is 0 Å². The molecule has 3 nitrogen and oxygen atoms in total. The monoisotopic (exact) mass is 308 g/mol. The van der Waals surface area contributed by atoms with Crippen LogP contribution in [-0.2, 0) is 0 Å². The first-order chi connectivity index (χ1) is 9.45. The van der Waals surface area contributed by atoms with Gasteiger partial charge in [-0.2, -0.15) is 0 Å². The number of nitrogens with zero attached hydrogens (tertiary/aromatic N) is 1. The molecule has 0 radical (unpaired) electrons. The lowest BCUT2D eigenvalue weighted by Crippen LogP contribution is -2.51. The van der Waals surface area contributed by atoms with Gasteiger partial charge >= 0.3 is 0 Å². The van der Waals surface area contributed by atoms with Gasteiger partial charge < -0.3 is 10.4 Å². The number of halogens is 4. The minimum Gasteiger partial charge on any atom is -0.390 e. The molecule has 1 aromatic rings. The van der Waals surface area contributed by atoms with E-state index in [2.05, 4.69) is 5.32 Å². The number of aliphatic hydroxyl groups is 1. The minimum atomic E-state index is -3.42. The molecule has 0 bridgehead atoms. The maximum absolute atomic E-state index is 14.1. The Hall–Kier alpha value is -0.820. The Bertz CT molecular complexity index is 467. The van der Waals surface area contributed by atoms with Crippen molar-refractivity contribution >= 4 is 11.6 Å². The molecule has 1 heterocycles. The third-order valence-corrected chi connectivity index (χ3v) is 3.62. The average Bonchev–Trinajstić information content (AvgIpc) is 2.43. The quantitative estimate of drug-likeness (QED) is 0.894. The van der Waals surface area contributed by atoms with Crippen molar-refractivity contribution in [2.24, 2.45) is 0 Å². The summed E-state index contributed by atoms with van der Waals surface area (Å²) in [6.45, 7) is 0.495. The van der Waals surface area contributed by atoms with Gasteiger partial charge in [0.25, 0.3) is 5.92 Å². The van der Waals surface area contributed by atoms with Crippen molar-refractivity contribution in [3.63, 3.8) is 0 Å². The average molecular weight is 309 g/mol. The number of hydrogen-bond donors (Lipinski definition) is 2. The summed E-state index contributed by atoms with van der Waals surface area (Å²) in [4.78, 5) is 1.49. The maximum Gasteiger partial charge on any atom is 0.290 e. The van der Waals surface area contributed by atoms with Crippen LogP contribution in [0.15, 0.2) is 18.2 Å². The molecular formula is C13H16ClF3N2O. The molecule has 1 fully saturated rings. The molecule has 2 N–H and O–H groups in total. The molecule has 1 saturated heterocycles. The number of alkyl halides is 2. The van der Waals surface area contributed by atoms with Gasteiger partial charge in [-0.3, -0.25) is 4.90 Å². The van der Waals surface area contributed by atoms with Gasteiger partial charge in [-0.05, 0) is 12.1 Å². The van der Waals surface area contributed by atoms with E-state index in [9.17, 15) is 13.2 Å². The van der Waals surface area contributed by atoms with Crippen molar-refractivity contribution in [3.8, 4) is 0 Å². The van der Waals surface area contributed by atoms with E-state index in [0.29, 0.717) is 26.2 Å². The predicted molar refractivity (Wildman–Crippen MR) is 70.6 cm³/mol. The summed E-state index contributed by atoms with van der Waals surface area (Å²) in [6, 6.07) is 2.16. The SMILES string of the molecule is OCC(F)(F)[C@H](c1ccc(Cl)cc1F)N1CCNCC1. The Morgan fingerprint density at radius 3 is 2.55 bits per heavy atom. The lowest BCUT2D eigenvalue weighted by Gasteiger charge is -2.38. The minimum absolute atomic E-state index is 0.143. The van der Waals surface area contributed by atoms with E-state index in [1.54, 1.807) is 0 Å². The number of rotatable bonds is 4. The molecule has 0 unspecified atom stereocenters. The first kappa shape index (κ1) is 15.6. The molecule has 0 spiro atoms. The fraction of sp³-hybridized carbons (Fsp3) is 0.538. The van der Waals surface area contributed by atoms with Crippen molar-refractivity contribution < 1.29 is 18.3 Å². The first-order valence-corrected chi connectivity index (χ1v) is 6.72. The van der Waals surface area contributed by atoms with Gasteiger partial charge in [0.05, 0.1) is 0 Å². The molecule has 0 aromatic heterocycles. The van der Waals surface area contributed by atoms with Crippen LogP contribution < -0.4 is 5.32 Å². The summed E-state index contributed by atoms with van der Waals surface area (Å²) >= 11 is 5.66. The highest BCUT2D eigenvalue weighted by Crippen LogP contribution is 2.38. The van der Waals surface area contributed by atoms with Crippen LogP contribution in [0.5, 0.6) is 0 Å². The Kier molecular flexibility index (Phi) is 4.90. The molecule has 112 valence electrons. The van der Waals surface area contributed by atoms with E-state index in [1.165, 1.54) is 17.0 Å². The van der Waals surface area contributed by atoms with E-state index in [-0.39, 0.29) is 10.6 Å². The van der Waals surface area contributed by atoms with E-state index < -0.39 is 24.4 Å². The fourth-order valence-corrected chi connectivity index (χ4v) is 2.60. The number of benzene rings is 1. The van der Waals surface area contributed by atoms with Gasteiger partial charge in [-0.1, -0.05) is 17.7 Å². The second-order valence-electron chi connectivity index (χ2n) is 4.77. The molecule has 0 saturated carbocycles. The van der Waals surface area contributed by atoms with Crippen molar-refractivity contribution in [2.45, 2.75) is 12.0 Å². The molecular weight excluding hydrogens is 293 g/mol. The van der Waals surface area contributed by atoms with Crippen molar-refractivity contribution in [1.29, 1.82) is 0 Å². The zero-order chi connectivity index (χ0) is 14.8. The van der Waals surface area contributed by atoms with Crippen molar-refractivity contribution in [3.05, 3.63) is 34.6 Å². The lowest BCUT2D eigenvalue weighted by atomic mass is 9.97. The number of aliphatic hydroxyl groups excluding tert-OH is 1. The molecule has 1 aromatic carbocycles. The van der Waals surface area contributed by atoms with Gasteiger partial charge in [-0.25, -0.2) is 13.2 Å². The first-order valence-electron chi connectivity index (χ1n) is 6.34. The topological polar surface area (TPSA) is 35.5 Å². The van der Waals surface area contributed by atoms with Crippen LogP contribution >= 0.6 is 11.6 Å². The Morgan fingerprint density at radius 1 is 1.35 bits per heavy atom. The molecule has 1 aliphatic rings. The van der Waals surface area contributed by atoms with E-state index in [1.807, 2.05) is 0 Å². The number of piperazine rings is 1. The van der Waals surface area contributed by atoms with E-state index >= 15 is 0 Å². The van der Waals surface area contributed by atoms with Crippen molar-refractivity contribution in [1.82, 2.24) is 10.2 Å². The summed E-state index contributed by atoms with van der Waals surface area (Å²) in [5.74, 6) is -4.21. The van der Waals surface area contributed by atoms with Crippen LogP contribution in [0.1, 0.15) is 11.6 Å². The fourth-order valence-electron chi connectivity index (χ4n) is 2.44. The van der Waals surface area contributed by atoms with Gasteiger partial charge in [0, 0.05) is 36.8 Å². The smallest absolute Gasteiger partial charge is 0.290 e. The molecule has 0 aliphatic carbocycles. The summed E-state index contributed by atoms with van der Waals surface area (Å²) in [7, 11) is 0. The third kappa shape index (κ3) is 3.25. The molecule has 20 heavy (non-hydrogen) atoms. The Morgan fingerprint density at radius 2 is 2.00 bits per heavy atom. The van der Waals surface area contributed by atoms with E-state index in [4.69, 9.17) is 16.7 Å².